The molecule has 0 radical (unpaired) electrons. The minimum Gasteiger partial charge on any atom is -0.497 e. The number of hydrogen-bond acceptors (Lipinski definition) is 5. The molecule has 1 aromatic carbocycles. The van der Waals surface area contributed by atoms with Crippen molar-refractivity contribution in [3.8, 4) is 5.75 Å². The van der Waals surface area contributed by atoms with Crippen LogP contribution in [0.5, 0.6) is 5.75 Å². The first-order valence-corrected chi connectivity index (χ1v) is 6.14. The highest BCUT2D eigenvalue weighted by Crippen LogP contribution is 2.31. The van der Waals surface area contributed by atoms with Crippen molar-refractivity contribution in [3.63, 3.8) is 0 Å². The molecule has 96 valence electrons. The Hall–Kier alpha value is -1.59. The maximum atomic E-state index is 5.80. The van der Waals surface area contributed by atoms with Crippen molar-refractivity contribution in [2.24, 2.45) is 0 Å². The van der Waals surface area contributed by atoms with Crippen LogP contribution in [-0.4, -0.2) is 32.0 Å². The third-order valence-electron chi connectivity index (χ3n) is 3.19. The Morgan fingerprint density at radius 1 is 1.39 bits per heavy atom. The summed E-state index contributed by atoms with van der Waals surface area (Å²) in [4.78, 5) is 0. The van der Waals surface area contributed by atoms with E-state index in [0.29, 0.717) is 6.61 Å². The molecular weight excluding hydrogens is 232 g/mol. The van der Waals surface area contributed by atoms with Gasteiger partial charge in [-0.25, -0.2) is 0 Å². The number of nitrogens with one attached hydrogen (secondary N) is 1. The van der Waals surface area contributed by atoms with Crippen LogP contribution >= 0.6 is 0 Å². The topological polar surface area (TPSA) is 56.5 Å². The van der Waals surface area contributed by atoms with Crippen LogP contribution in [0.15, 0.2) is 22.7 Å². The molecular formula is C13H16N2O3. The highest BCUT2D eigenvalue weighted by atomic mass is 16.5. The zero-order valence-corrected chi connectivity index (χ0v) is 10.3. The fourth-order valence-electron chi connectivity index (χ4n) is 2.23. The molecule has 1 aromatic heterocycles. The summed E-state index contributed by atoms with van der Waals surface area (Å²) in [7, 11) is 1.65. The highest BCUT2D eigenvalue weighted by Gasteiger charge is 2.21. The summed E-state index contributed by atoms with van der Waals surface area (Å²) < 4.78 is 16.4. The van der Waals surface area contributed by atoms with Gasteiger partial charge in [-0.3, -0.25) is 0 Å². The van der Waals surface area contributed by atoms with Crippen molar-refractivity contribution >= 4 is 11.0 Å². The zero-order valence-electron chi connectivity index (χ0n) is 10.3. The maximum Gasteiger partial charge on any atom is 0.167 e. The van der Waals surface area contributed by atoms with E-state index in [9.17, 15) is 0 Å². The van der Waals surface area contributed by atoms with Gasteiger partial charge in [0.1, 0.15) is 17.5 Å². The van der Waals surface area contributed by atoms with Crippen molar-refractivity contribution in [3.05, 3.63) is 23.9 Å². The first-order valence-electron chi connectivity index (χ1n) is 6.14. The molecule has 1 N–H and O–H groups in total. The number of nitrogens with zero attached hydrogens (tertiary/aromatic N) is 1. The third-order valence-corrected chi connectivity index (χ3v) is 3.19. The number of aromatic nitrogens is 1. The molecule has 1 aliphatic heterocycles. The Bertz CT molecular complexity index is 530. The van der Waals surface area contributed by atoms with Crippen molar-refractivity contribution < 1.29 is 14.0 Å². The Labute approximate surface area is 105 Å². The van der Waals surface area contributed by atoms with Gasteiger partial charge in [-0.1, -0.05) is 5.16 Å². The fourth-order valence-corrected chi connectivity index (χ4v) is 2.23. The molecule has 18 heavy (non-hydrogen) atoms. The highest BCUT2D eigenvalue weighted by molar-refractivity contribution is 5.81. The van der Waals surface area contributed by atoms with Gasteiger partial charge in [-0.05, 0) is 31.2 Å². The third kappa shape index (κ3) is 2.07. The smallest absolute Gasteiger partial charge is 0.167 e. The van der Waals surface area contributed by atoms with E-state index in [-0.39, 0.29) is 6.10 Å². The van der Waals surface area contributed by atoms with Crippen LogP contribution in [0, 0.1) is 0 Å². The Morgan fingerprint density at radius 3 is 3.22 bits per heavy atom. The van der Waals surface area contributed by atoms with Crippen molar-refractivity contribution in [1.82, 2.24) is 10.5 Å². The van der Waals surface area contributed by atoms with E-state index < -0.39 is 0 Å². The van der Waals surface area contributed by atoms with Crippen LogP contribution < -0.4 is 10.1 Å². The molecule has 0 aliphatic carbocycles. The number of ether oxygens (including phenoxy) is 2. The van der Waals surface area contributed by atoms with Gasteiger partial charge >= 0.3 is 0 Å². The predicted molar refractivity (Wildman–Crippen MR) is 66.7 cm³/mol. The summed E-state index contributed by atoms with van der Waals surface area (Å²) in [5.41, 5.74) is 1.64. The summed E-state index contributed by atoms with van der Waals surface area (Å²) in [6.07, 6.45) is 0.895. The van der Waals surface area contributed by atoms with Gasteiger partial charge in [0.15, 0.2) is 5.58 Å². The van der Waals surface area contributed by atoms with Crippen LogP contribution in [0.2, 0.25) is 0 Å². The number of fused-ring (bicyclic) bond motifs is 1. The molecule has 5 heteroatoms. The SMILES string of the molecule is COc1ccc2onc(C3CCNCCO3)c2c1. The van der Waals surface area contributed by atoms with Crippen LogP contribution in [0.25, 0.3) is 11.0 Å². The molecule has 1 unspecified atom stereocenters. The summed E-state index contributed by atoms with van der Waals surface area (Å²) in [6.45, 7) is 2.52. The van der Waals surface area contributed by atoms with Crippen molar-refractivity contribution in [2.75, 3.05) is 26.8 Å². The van der Waals surface area contributed by atoms with Gasteiger partial charge in [0, 0.05) is 6.54 Å². The van der Waals surface area contributed by atoms with Crippen molar-refractivity contribution in [2.45, 2.75) is 12.5 Å². The lowest BCUT2D eigenvalue weighted by molar-refractivity contribution is 0.0600. The number of hydrogen-bond donors (Lipinski definition) is 1. The standard InChI is InChI=1S/C13H16N2O3/c1-16-9-2-3-11-10(8-9)13(15-18-11)12-4-5-14-6-7-17-12/h2-3,8,12,14H,4-7H2,1H3. The largest absolute Gasteiger partial charge is 0.497 e. The summed E-state index contributed by atoms with van der Waals surface area (Å²) in [6, 6.07) is 5.69. The molecule has 1 saturated heterocycles. The lowest BCUT2D eigenvalue weighted by Gasteiger charge is -2.11. The normalized spacial score (nSPS) is 20.8. The Balaban J connectivity index is 1.99. The molecule has 2 heterocycles. The average Bonchev–Trinajstić information content (AvgIpc) is 2.64. The van der Waals surface area contributed by atoms with E-state index in [4.69, 9.17) is 14.0 Å². The van der Waals surface area contributed by atoms with Crippen molar-refractivity contribution in [1.29, 1.82) is 0 Å². The zero-order chi connectivity index (χ0) is 12.4. The summed E-state index contributed by atoms with van der Waals surface area (Å²) in [5.74, 6) is 0.804. The van der Waals surface area contributed by atoms with Crippen LogP contribution in [-0.2, 0) is 4.74 Å². The predicted octanol–water partition coefficient (Wildman–Crippen LogP) is 1.89. The van der Waals surface area contributed by atoms with E-state index >= 15 is 0 Å². The summed E-state index contributed by atoms with van der Waals surface area (Å²) in [5, 5.41) is 8.43. The second-order valence-electron chi connectivity index (χ2n) is 4.33. The van der Waals surface area contributed by atoms with E-state index in [1.807, 2.05) is 18.2 Å². The molecule has 1 aliphatic rings. The maximum absolute atomic E-state index is 5.80. The van der Waals surface area contributed by atoms with E-state index in [2.05, 4.69) is 10.5 Å². The minimum absolute atomic E-state index is 0.00615. The van der Waals surface area contributed by atoms with Gasteiger partial charge < -0.3 is 19.3 Å². The van der Waals surface area contributed by atoms with Gasteiger partial charge in [0.25, 0.3) is 0 Å². The van der Waals surface area contributed by atoms with E-state index in [1.165, 1.54) is 0 Å². The number of rotatable bonds is 2. The van der Waals surface area contributed by atoms with Gasteiger partial charge in [0.2, 0.25) is 0 Å². The molecule has 1 fully saturated rings. The van der Waals surface area contributed by atoms with Crippen LogP contribution in [0.4, 0.5) is 0 Å². The quantitative estimate of drug-likeness (QED) is 0.879. The molecule has 2 aromatic rings. The molecule has 0 saturated carbocycles. The van der Waals surface area contributed by atoms with E-state index in [0.717, 1.165) is 41.9 Å². The minimum atomic E-state index is -0.00615. The first kappa shape index (κ1) is 11.5. The van der Waals surface area contributed by atoms with Crippen LogP contribution in [0.3, 0.4) is 0 Å². The summed E-state index contributed by atoms with van der Waals surface area (Å²) >= 11 is 0. The molecule has 0 bridgehead atoms. The monoisotopic (exact) mass is 248 g/mol. The number of methoxy groups -OCH3 is 1. The first-order chi connectivity index (χ1) is 8.88. The molecule has 5 nitrogen and oxygen atoms in total. The molecule has 0 amide bonds. The van der Waals surface area contributed by atoms with Gasteiger partial charge in [-0.15, -0.1) is 0 Å². The molecule has 3 rings (SSSR count). The second-order valence-corrected chi connectivity index (χ2v) is 4.33. The van der Waals surface area contributed by atoms with Gasteiger partial charge in [-0.2, -0.15) is 0 Å². The Kier molecular flexibility index (Phi) is 3.17. The van der Waals surface area contributed by atoms with Crippen LogP contribution in [0.1, 0.15) is 18.2 Å². The second kappa shape index (κ2) is 4.96. The molecule has 1 atom stereocenters. The van der Waals surface area contributed by atoms with Gasteiger partial charge in [0.05, 0.1) is 19.1 Å². The van der Waals surface area contributed by atoms with E-state index in [1.54, 1.807) is 7.11 Å². The Morgan fingerprint density at radius 2 is 2.33 bits per heavy atom. The lowest BCUT2D eigenvalue weighted by atomic mass is 10.1. The fraction of sp³-hybridized carbons (Fsp3) is 0.462. The number of benzene rings is 1. The molecule has 0 spiro atoms. The lowest BCUT2D eigenvalue weighted by Crippen LogP contribution is -2.16. The average molecular weight is 248 g/mol.